The van der Waals surface area contributed by atoms with Gasteiger partial charge < -0.3 is 24.4 Å². The third-order valence-electron chi connectivity index (χ3n) is 6.38. The van der Waals surface area contributed by atoms with Crippen molar-refractivity contribution >= 4 is 24.1 Å². The molecule has 0 amide bonds. The molecular weight excluding hydrogens is 562 g/mol. The molecule has 13 heteroatoms. The number of hydrogen-bond donors (Lipinski definition) is 2. The van der Waals surface area contributed by atoms with Crippen LogP contribution in [-0.2, 0) is 27.2 Å². The smallest absolute Gasteiger partial charge is 0.430 e. The predicted octanol–water partition coefficient (Wildman–Crippen LogP) is 6.18. The fraction of sp³-hybridized carbons (Fsp3) is 0.357. The Labute approximate surface area is 230 Å². The molecule has 0 fully saturated rings. The van der Waals surface area contributed by atoms with Gasteiger partial charge in [-0.1, -0.05) is 13.8 Å². The van der Waals surface area contributed by atoms with Crippen LogP contribution in [0.25, 0.3) is 12.2 Å². The van der Waals surface area contributed by atoms with Crippen molar-refractivity contribution in [2.75, 3.05) is 7.11 Å². The molecule has 2 aliphatic rings. The summed E-state index contributed by atoms with van der Waals surface area (Å²) in [6.07, 6.45) is -11.1. The van der Waals surface area contributed by atoms with E-state index in [9.17, 15) is 41.0 Å². The van der Waals surface area contributed by atoms with E-state index in [-0.39, 0.29) is 17.2 Å². The fourth-order valence-corrected chi connectivity index (χ4v) is 4.28. The van der Waals surface area contributed by atoms with E-state index < -0.39 is 47.6 Å². The minimum Gasteiger partial charge on any atom is -0.508 e. The SMILES string of the molecule is CCc1cc2c(cc1C)OC(C(F)(F)F)C(C(=O)O)=C2.CCc1cc2c(cc1O)OC(C(F)(F)F)C(C(=O)OC)=C2. The Morgan fingerprint density at radius 2 is 1.29 bits per heavy atom. The molecule has 0 aliphatic carbocycles. The third kappa shape index (κ3) is 6.77. The molecule has 2 heterocycles. The van der Waals surface area contributed by atoms with Crippen molar-refractivity contribution in [2.24, 2.45) is 0 Å². The number of carbonyl (C=O) groups excluding carboxylic acids is 1. The first kappa shape index (κ1) is 31.4. The average molecular weight is 588 g/mol. The number of aromatic hydroxyl groups is 1. The van der Waals surface area contributed by atoms with Crippen LogP contribution in [0.3, 0.4) is 0 Å². The number of phenolic OH excluding ortho intramolecular Hbond substituents is 1. The summed E-state index contributed by atoms with van der Waals surface area (Å²) in [6, 6.07) is 5.79. The topological polar surface area (TPSA) is 102 Å². The molecular formula is C28H26F6O7. The molecule has 0 bridgehead atoms. The largest absolute Gasteiger partial charge is 0.508 e. The van der Waals surface area contributed by atoms with Gasteiger partial charge in [0.05, 0.1) is 18.3 Å². The highest BCUT2D eigenvalue weighted by atomic mass is 19.4. The Hall–Kier alpha value is -4.16. The number of alkyl halides is 6. The number of aliphatic carboxylic acids is 1. The number of esters is 1. The minimum absolute atomic E-state index is 0.0621. The van der Waals surface area contributed by atoms with Gasteiger partial charge in [0, 0.05) is 17.2 Å². The standard InChI is InChI=1S/C14H13F3O4.C14H13F3O3/c1-3-7-4-8-5-9(13(19)20-2)12(14(15,16)17)21-11(8)6-10(7)18;1-3-8-5-9-6-10(13(18)19)12(14(15,16)17)20-11(9)4-7(8)2/h4-6,12,18H,3H2,1-2H3;4-6,12H,3H2,1-2H3,(H,18,19). The van der Waals surface area contributed by atoms with Gasteiger partial charge in [-0.25, -0.2) is 9.59 Å². The van der Waals surface area contributed by atoms with Gasteiger partial charge in [0.2, 0.25) is 12.2 Å². The molecule has 2 aromatic rings. The summed E-state index contributed by atoms with van der Waals surface area (Å²) in [6.45, 7) is 5.48. The molecule has 2 unspecified atom stereocenters. The van der Waals surface area contributed by atoms with Crippen molar-refractivity contribution < 1.29 is 60.4 Å². The Morgan fingerprint density at radius 3 is 1.76 bits per heavy atom. The maximum absolute atomic E-state index is 13.0. The maximum Gasteiger partial charge on any atom is 0.430 e. The maximum atomic E-state index is 13.0. The number of aryl methyl sites for hydroxylation is 3. The first-order chi connectivity index (χ1) is 19.0. The summed E-state index contributed by atoms with van der Waals surface area (Å²) in [4.78, 5) is 22.5. The molecule has 2 aromatic carbocycles. The number of hydrogen-bond acceptors (Lipinski definition) is 6. The van der Waals surface area contributed by atoms with Crippen LogP contribution >= 0.6 is 0 Å². The summed E-state index contributed by atoms with van der Waals surface area (Å²) in [5.74, 6) is -2.94. The molecule has 4 rings (SSSR count). The van der Waals surface area contributed by atoms with E-state index in [0.29, 0.717) is 29.5 Å². The van der Waals surface area contributed by atoms with Crippen LogP contribution < -0.4 is 9.47 Å². The number of ether oxygens (including phenoxy) is 3. The molecule has 0 saturated carbocycles. The van der Waals surface area contributed by atoms with Crippen molar-refractivity contribution in [3.8, 4) is 17.2 Å². The monoisotopic (exact) mass is 588 g/mol. The molecule has 2 atom stereocenters. The third-order valence-corrected chi connectivity index (χ3v) is 6.38. The zero-order valence-electron chi connectivity index (χ0n) is 22.2. The number of methoxy groups -OCH3 is 1. The van der Waals surface area contributed by atoms with Crippen LogP contribution in [0.4, 0.5) is 26.3 Å². The summed E-state index contributed by atoms with van der Waals surface area (Å²) >= 11 is 0. The van der Waals surface area contributed by atoms with Gasteiger partial charge in [0.15, 0.2) is 0 Å². The van der Waals surface area contributed by atoms with E-state index in [1.807, 2.05) is 6.92 Å². The molecule has 2 N–H and O–H groups in total. The van der Waals surface area contributed by atoms with Gasteiger partial charge in [-0.05, 0) is 66.8 Å². The van der Waals surface area contributed by atoms with E-state index in [1.54, 1.807) is 19.9 Å². The normalized spacial score (nSPS) is 17.8. The Balaban J connectivity index is 0.000000226. The van der Waals surface area contributed by atoms with Crippen molar-refractivity contribution in [3.63, 3.8) is 0 Å². The van der Waals surface area contributed by atoms with Crippen LogP contribution in [0.5, 0.6) is 17.2 Å². The quantitative estimate of drug-likeness (QED) is 0.325. The number of benzene rings is 2. The lowest BCUT2D eigenvalue weighted by molar-refractivity contribution is -0.187. The highest BCUT2D eigenvalue weighted by Crippen LogP contribution is 2.41. The summed E-state index contributed by atoms with van der Waals surface area (Å²) in [5, 5.41) is 18.6. The van der Waals surface area contributed by atoms with Crippen molar-refractivity contribution in [3.05, 3.63) is 63.2 Å². The van der Waals surface area contributed by atoms with Crippen LogP contribution in [-0.4, -0.2) is 53.8 Å². The number of phenols is 1. The number of fused-ring (bicyclic) bond motifs is 2. The Morgan fingerprint density at radius 1 is 0.829 bits per heavy atom. The second-order valence-electron chi connectivity index (χ2n) is 9.12. The predicted molar refractivity (Wildman–Crippen MR) is 135 cm³/mol. The molecule has 41 heavy (non-hydrogen) atoms. The van der Waals surface area contributed by atoms with E-state index in [0.717, 1.165) is 36.5 Å². The molecule has 2 aliphatic heterocycles. The zero-order chi connectivity index (χ0) is 30.9. The molecule has 7 nitrogen and oxygen atoms in total. The lowest BCUT2D eigenvalue weighted by Gasteiger charge is -2.28. The Kier molecular flexibility index (Phi) is 8.99. The molecule has 0 radical (unpaired) electrons. The summed E-state index contributed by atoms with van der Waals surface area (Å²) in [5.41, 5.74) is 1.55. The average Bonchev–Trinajstić information content (AvgIpc) is 2.89. The van der Waals surface area contributed by atoms with E-state index >= 15 is 0 Å². The summed E-state index contributed by atoms with van der Waals surface area (Å²) in [7, 11) is 1.00. The van der Waals surface area contributed by atoms with Crippen LogP contribution in [0.2, 0.25) is 0 Å². The molecule has 222 valence electrons. The van der Waals surface area contributed by atoms with Crippen LogP contribution in [0.1, 0.15) is 41.7 Å². The lowest BCUT2D eigenvalue weighted by Crippen LogP contribution is -2.40. The van der Waals surface area contributed by atoms with Gasteiger partial charge in [0.25, 0.3) is 0 Å². The van der Waals surface area contributed by atoms with Gasteiger partial charge >= 0.3 is 24.3 Å². The van der Waals surface area contributed by atoms with Gasteiger partial charge in [-0.3, -0.25) is 0 Å². The number of rotatable bonds is 4. The van der Waals surface area contributed by atoms with Gasteiger partial charge in [-0.2, -0.15) is 26.3 Å². The molecule has 0 spiro atoms. The van der Waals surface area contributed by atoms with Crippen molar-refractivity contribution in [1.29, 1.82) is 0 Å². The highest BCUT2D eigenvalue weighted by Gasteiger charge is 2.49. The Bertz CT molecular complexity index is 1410. The van der Waals surface area contributed by atoms with Crippen molar-refractivity contribution in [2.45, 2.75) is 58.2 Å². The van der Waals surface area contributed by atoms with Crippen molar-refractivity contribution in [1.82, 2.24) is 0 Å². The lowest BCUT2D eigenvalue weighted by atomic mass is 9.96. The van der Waals surface area contributed by atoms with Crippen LogP contribution in [0, 0.1) is 6.92 Å². The van der Waals surface area contributed by atoms with E-state index in [4.69, 9.17) is 14.6 Å². The number of carbonyl (C=O) groups is 2. The molecule has 0 saturated heterocycles. The number of carboxylic acid groups (broad SMARTS) is 1. The van der Waals surface area contributed by atoms with E-state index in [2.05, 4.69) is 4.74 Å². The summed E-state index contributed by atoms with van der Waals surface area (Å²) < 4.78 is 91.7. The highest BCUT2D eigenvalue weighted by molar-refractivity contribution is 5.96. The second kappa shape index (κ2) is 11.8. The molecule has 0 aromatic heterocycles. The van der Waals surface area contributed by atoms with E-state index in [1.165, 1.54) is 12.1 Å². The van der Waals surface area contributed by atoms with Crippen LogP contribution in [0.15, 0.2) is 35.4 Å². The number of carboxylic acids is 1. The zero-order valence-corrected chi connectivity index (χ0v) is 22.2. The first-order valence-corrected chi connectivity index (χ1v) is 12.2. The fourth-order valence-electron chi connectivity index (χ4n) is 4.28. The second-order valence-corrected chi connectivity index (χ2v) is 9.12. The first-order valence-electron chi connectivity index (χ1n) is 12.2. The number of halogens is 6. The minimum atomic E-state index is -4.77. The van der Waals surface area contributed by atoms with Gasteiger partial charge in [-0.15, -0.1) is 0 Å². The van der Waals surface area contributed by atoms with Gasteiger partial charge in [0.1, 0.15) is 17.2 Å².